The van der Waals surface area contributed by atoms with Crippen LogP contribution in [-0.4, -0.2) is 61.0 Å². The molecule has 9 nitrogen and oxygen atoms in total. The zero-order chi connectivity index (χ0) is 23.0. The maximum atomic E-state index is 12.5. The fourth-order valence-electron chi connectivity index (χ4n) is 4.14. The molecule has 1 aromatic carbocycles. The molecule has 10 heteroatoms. The van der Waals surface area contributed by atoms with E-state index in [0.717, 1.165) is 28.8 Å². The number of amides is 1. The van der Waals surface area contributed by atoms with Crippen LogP contribution in [0.1, 0.15) is 10.6 Å². The summed E-state index contributed by atoms with van der Waals surface area (Å²) in [6.07, 6.45) is 6.28. The van der Waals surface area contributed by atoms with Crippen molar-refractivity contribution in [2.75, 3.05) is 42.1 Å². The highest BCUT2D eigenvalue weighted by Crippen LogP contribution is 2.29. The molecular weight excluding hydrogens is 442 g/mol. The van der Waals surface area contributed by atoms with Crippen LogP contribution in [-0.2, 0) is 10.0 Å². The lowest BCUT2D eigenvalue weighted by atomic mass is 10.1. The maximum absolute atomic E-state index is 12.5. The van der Waals surface area contributed by atoms with Crippen molar-refractivity contribution in [2.24, 2.45) is 0 Å². The van der Waals surface area contributed by atoms with Crippen molar-refractivity contribution in [3.8, 4) is 11.3 Å². The topological polar surface area (TPSA) is 100 Å². The zero-order valence-corrected chi connectivity index (χ0v) is 18.8. The molecule has 0 atom stereocenters. The van der Waals surface area contributed by atoms with E-state index in [1.807, 2.05) is 40.9 Å². The van der Waals surface area contributed by atoms with Crippen LogP contribution in [0.25, 0.3) is 16.8 Å². The average Bonchev–Trinajstić information content (AvgIpc) is 3.48. The van der Waals surface area contributed by atoms with Gasteiger partial charge in [-0.1, -0.05) is 12.1 Å². The van der Waals surface area contributed by atoms with Crippen molar-refractivity contribution in [3.05, 3.63) is 72.9 Å². The van der Waals surface area contributed by atoms with Crippen LogP contribution in [0.4, 0.5) is 11.5 Å². The fraction of sp³-hybridized carbons (Fsp3) is 0.217. The van der Waals surface area contributed by atoms with Crippen LogP contribution in [0, 0.1) is 0 Å². The van der Waals surface area contributed by atoms with Crippen LogP contribution in [0.2, 0.25) is 0 Å². The number of sulfonamides is 1. The molecule has 1 amide bonds. The van der Waals surface area contributed by atoms with E-state index >= 15 is 0 Å². The second-order valence-corrected chi connectivity index (χ2v) is 9.68. The molecule has 5 rings (SSSR count). The SMILES string of the molecule is CS(=O)(=O)Nc1cccc(-c2ccc3c(N4CCN(C(=O)c5ccco5)CC4)nccn23)c1. The number of anilines is 2. The summed E-state index contributed by atoms with van der Waals surface area (Å²) in [4.78, 5) is 21.1. The highest BCUT2D eigenvalue weighted by molar-refractivity contribution is 7.92. The minimum Gasteiger partial charge on any atom is -0.459 e. The lowest BCUT2D eigenvalue weighted by molar-refractivity contribution is 0.0714. The number of nitrogens with zero attached hydrogens (tertiary/aromatic N) is 4. The van der Waals surface area contributed by atoms with Crippen molar-refractivity contribution < 1.29 is 17.6 Å². The second-order valence-electron chi connectivity index (χ2n) is 7.94. The Bertz CT molecular complexity index is 1400. The van der Waals surface area contributed by atoms with Crippen molar-refractivity contribution >= 4 is 33.0 Å². The molecule has 0 unspecified atom stereocenters. The van der Waals surface area contributed by atoms with Crippen LogP contribution in [0.15, 0.2) is 71.6 Å². The summed E-state index contributed by atoms with van der Waals surface area (Å²) < 4.78 is 33.0. The predicted molar refractivity (Wildman–Crippen MR) is 126 cm³/mol. The highest BCUT2D eigenvalue weighted by atomic mass is 32.2. The number of fused-ring (bicyclic) bond motifs is 1. The first-order valence-corrected chi connectivity index (χ1v) is 12.4. The van der Waals surface area contributed by atoms with E-state index in [2.05, 4.69) is 14.6 Å². The standard InChI is InChI=1S/C23H23N5O4S/c1-33(30,31)25-18-5-2-4-17(16-18)19-7-8-20-22(24-9-10-28(19)20)26-11-13-27(14-12-26)23(29)21-6-3-15-32-21/h2-10,15-16,25H,11-14H2,1H3. The summed E-state index contributed by atoms with van der Waals surface area (Å²) in [5.74, 6) is 1.10. The number of nitrogens with one attached hydrogen (secondary N) is 1. The Morgan fingerprint density at radius 3 is 2.61 bits per heavy atom. The van der Waals surface area contributed by atoms with Gasteiger partial charge in [0.15, 0.2) is 11.6 Å². The first-order valence-electron chi connectivity index (χ1n) is 10.5. The number of hydrogen-bond donors (Lipinski definition) is 1. The lowest BCUT2D eigenvalue weighted by Gasteiger charge is -2.35. The molecule has 4 aromatic rings. The molecule has 1 saturated heterocycles. The average molecular weight is 466 g/mol. The van der Waals surface area contributed by atoms with E-state index in [0.29, 0.717) is 37.6 Å². The minimum atomic E-state index is -3.36. The van der Waals surface area contributed by atoms with Crippen LogP contribution < -0.4 is 9.62 Å². The first-order chi connectivity index (χ1) is 15.9. The summed E-state index contributed by atoms with van der Waals surface area (Å²) in [6, 6.07) is 14.7. The molecule has 0 radical (unpaired) electrons. The quantitative estimate of drug-likeness (QED) is 0.487. The van der Waals surface area contributed by atoms with E-state index in [-0.39, 0.29) is 5.91 Å². The van der Waals surface area contributed by atoms with E-state index in [1.54, 1.807) is 29.3 Å². The predicted octanol–water partition coefficient (Wildman–Crippen LogP) is 2.93. The molecule has 0 spiro atoms. The Kier molecular flexibility index (Phi) is 5.29. The van der Waals surface area contributed by atoms with E-state index < -0.39 is 10.0 Å². The normalized spacial score (nSPS) is 14.6. The van der Waals surface area contributed by atoms with Crippen molar-refractivity contribution in [1.29, 1.82) is 0 Å². The molecule has 1 N–H and O–H groups in total. The monoisotopic (exact) mass is 465 g/mol. The summed E-state index contributed by atoms with van der Waals surface area (Å²) in [6.45, 7) is 2.48. The van der Waals surface area contributed by atoms with E-state index in [1.165, 1.54) is 6.26 Å². The largest absolute Gasteiger partial charge is 0.459 e. The fourth-order valence-corrected chi connectivity index (χ4v) is 4.70. The van der Waals surface area contributed by atoms with Crippen LogP contribution in [0.3, 0.4) is 0 Å². The van der Waals surface area contributed by atoms with Crippen LogP contribution >= 0.6 is 0 Å². The Labute approximate surface area is 191 Å². The molecule has 4 heterocycles. The van der Waals surface area contributed by atoms with E-state index in [9.17, 15) is 13.2 Å². The lowest BCUT2D eigenvalue weighted by Crippen LogP contribution is -2.49. The summed E-state index contributed by atoms with van der Waals surface area (Å²) >= 11 is 0. The number of carbonyl (C=O) groups is 1. The molecule has 1 aliphatic rings. The first kappa shape index (κ1) is 21.1. The number of benzene rings is 1. The molecule has 170 valence electrons. The van der Waals surface area contributed by atoms with Gasteiger partial charge in [0, 0.05) is 49.8 Å². The van der Waals surface area contributed by atoms with Crippen molar-refractivity contribution in [2.45, 2.75) is 0 Å². The molecule has 0 aliphatic carbocycles. The molecular formula is C23H23N5O4S. The Hall–Kier alpha value is -3.79. The molecule has 0 bridgehead atoms. The van der Waals surface area contributed by atoms with Gasteiger partial charge in [-0.3, -0.25) is 9.52 Å². The van der Waals surface area contributed by atoms with Gasteiger partial charge in [-0.15, -0.1) is 0 Å². The zero-order valence-electron chi connectivity index (χ0n) is 18.0. The number of piperazine rings is 1. The number of rotatable bonds is 5. The Morgan fingerprint density at radius 1 is 1.06 bits per heavy atom. The smallest absolute Gasteiger partial charge is 0.289 e. The number of hydrogen-bond acceptors (Lipinski definition) is 6. The molecule has 3 aromatic heterocycles. The van der Waals surface area contributed by atoms with Gasteiger partial charge in [-0.2, -0.15) is 0 Å². The van der Waals surface area contributed by atoms with Gasteiger partial charge in [0.05, 0.1) is 23.7 Å². The number of carbonyl (C=O) groups excluding carboxylic acids is 1. The molecule has 33 heavy (non-hydrogen) atoms. The molecule has 1 fully saturated rings. The van der Waals surface area contributed by atoms with Gasteiger partial charge >= 0.3 is 0 Å². The summed E-state index contributed by atoms with van der Waals surface area (Å²) in [7, 11) is -3.36. The van der Waals surface area contributed by atoms with Crippen LogP contribution in [0.5, 0.6) is 0 Å². The highest BCUT2D eigenvalue weighted by Gasteiger charge is 2.25. The van der Waals surface area contributed by atoms with Crippen molar-refractivity contribution in [3.63, 3.8) is 0 Å². The summed E-state index contributed by atoms with van der Waals surface area (Å²) in [5.41, 5.74) is 3.27. The Morgan fingerprint density at radius 2 is 1.88 bits per heavy atom. The van der Waals surface area contributed by atoms with Gasteiger partial charge in [0.2, 0.25) is 10.0 Å². The third-order valence-electron chi connectivity index (χ3n) is 5.62. The Balaban J connectivity index is 1.39. The molecule has 1 aliphatic heterocycles. The van der Waals surface area contributed by atoms with Crippen molar-refractivity contribution in [1.82, 2.24) is 14.3 Å². The third-order valence-corrected chi connectivity index (χ3v) is 6.23. The maximum Gasteiger partial charge on any atom is 0.289 e. The van der Waals surface area contributed by atoms with Gasteiger partial charge in [0.1, 0.15) is 0 Å². The number of aromatic nitrogens is 2. The van der Waals surface area contributed by atoms with E-state index in [4.69, 9.17) is 4.42 Å². The third kappa shape index (κ3) is 4.29. The second kappa shape index (κ2) is 8.28. The van der Waals surface area contributed by atoms with Gasteiger partial charge < -0.3 is 18.6 Å². The molecule has 0 saturated carbocycles. The number of furan rings is 1. The minimum absolute atomic E-state index is 0.0987. The van der Waals surface area contributed by atoms with Gasteiger partial charge in [-0.05, 0) is 36.4 Å². The summed E-state index contributed by atoms with van der Waals surface area (Å²) in [5, 5.41) is 0. The van der Waals surface area contributed by atoms with Gasteiger partial charge in [-0.25, -0.2) is 13.4 Å². The van der Waals surface area contributed by atoms with Gasteiger partial charge in [0.25, 0.3) is 5.91 Å².